The van der Waals surface area contributed by atoms with Crippen LogP contribution in [-0.2, 0) is 24.1 Å². The standard InChI is InChI=1S/C23H27NO5S/c1-3-29-23(25)18(14-16-10-12-28-13-11-16)17-8-9-22-20(15-17)24(2)19-6-4-5-7-21(19)30(22,26)27/h4-9,15-16,18H,3,10-14H2,1-2H3. The third-order valence-electron chi connectivity index (χ3n) is 6.03. The summed E-state index contributed by atoms with van der Waals surface area (Å²) in [4.78, 5) is 15.3. The highest BCUT2D eigenvalue weighted by molar-refractivity contribution is 7.92. The monoisotopic (exact) mass is 429 g/mol. The van der Waals surface area contributed by atoms with Crippen molar-refractivity contribution in [1.82, 2.24) is 0 Å². The van der Waals surface area contributed by atoms with Gasteiger partial charge in [-0.2, -0.15) is 0 Å². The molecule has 0 aromatic heterocycles. The summed E-state index contributed by atoms with van der Waals surface area (Å²) in [7, 11) is -1.75. The van der Waals surface area contributed by atoms with Crippen molar-refractivity contribution in [2.75, 3.05) is 31.8 Å². The van der Waals surface area contributed by atoms with E-state index in [1.807, 2.05) is 24.1 Å². The van der Waals surface area contributed by atoms with E-state index in [4.69, 9.17) is 9.47 Å². The Hall–Kier alpha value is -2.38. The first-order valence-corrected chi connectivity index (χ1v) is 11.9. The number of carbonyl (C=O) groups is 1. The SMILES string of the molecule is CCOC(=O)C(CC1CCOCC1)c1ccc2c(c1)N(C)c1ccccc1S2(=O)=O. The Bertz CT molecular complexity index is 1040. The summed E-state index contributed by atoms with van der Waals surface area (Å²) in [5.41, 5.74) is 2.02. The third kappa shape index (κ3) is 3.72. The number of sulfone groups is 1. The molecule has 6 nitrogen and oxygen atoms in total. The van der Waals surface area contributed by atoms with Crippen molar-refractivity contribution in [2.45, 2.75) is 41.9 Å². The van der Waals surface area contributed by atoms with E-state index < -0.39 is 15.8 Å². The van der Waals surface area contributed by atoms with Gasteiger partial charge in [0.15, 0.2) is 0 Å². The quantitative estimate of drug-likeness (QED) is 0.668. The molecule has 2 heterocycles. The molecule has 0 saturated carbocycles. The number of ether oxygens (including phenoxy) is 2. The lowest BCUT2D eigenvalue weighted by Gasteiger charge is -2.31. The van der Waals surface area contributed by atoms with Crippen LogP contribution in [0.5, 0.6) is 0 Å². The van der Waals surface area contributed by atoms with Crippen LogP contribution in [-0.4, -0.2) is 41.3 Å². The number of fused-ring (bicyclic) bond motifs is 2. The molecular weight excluding hydrogens is 402 g/mol. The first-order valence-electron chi connectivity index (χ1n) is 10.4. The second-order valence-corrected chi connectivity index (χ2v) is 9.74. The first-order chi connectivity index (χ1) is 14.4. The summed E-state index contributed by atoms with van der Waals surface area (Å²) < 4.78 is 37.1. The van der Waals surface area contributed by atoms with Crippen molar-refractivity contribution >= 4 is 27.2 Å². The van der Waals surface area contributed by atoms with Gasteiger partial charge in [-0.3, -0.25) is 4.79 Å². The minimum absolute atomic E-state index is 0.259. The molecule has 1 unspecified atom stereocenters. The highest BCUT2D eigenvalue weighted by Crippen LogP contribution is 2.44. The van der Waals surface area contributed by atoms with Crippen LogP contribution in [0.25, 0.3) is 0 Å². The molecule has 1 atom stereocenters. The molecule has 0 N–H and O–H groups in total. The number of esters is 1. The van der Waals surface area contributed by atoms with Crippen LogP contribution in [0.15, 0.2) is 52.3 Å². The van der Waals surface area contributed by atoms with Crippen molar-refractivity contribution in [3.05, 3.63) is 48.0 Å². The van der Waals surface area contributed by atoms with Gasteiger partial charge in [-0.1, -0.05) is 18.2 Å². The van der Waals surface area contributed by atoms with Crippen molar-refractivity contribution in [3.8, 4) is 0 Å². The maximum atomic E-state index is 13.1. The van der Waals surface area contributed by atoms with Crippen molar-refractivity contribution < 1.29 is 22.7 Å². The number of rotatable bonds is 5. The number of anilines is 2. The zero-order valence-corrected chi connectivity index (χ0v) is 18.2. The Morgan fingerprint density at radius 3 is 2.57 bits per heavy atom. The summed E-state index contributed by atoms with van der Waals surface area (Å²) in [6.07, 6.45) is 2.51. The normalized spacial score (nSPS) is 18.9. The van der Waals surface area contributed by atoms with E-state index in [0.717, 1.165) is 18.4 Å². The van der Waals surface area contributed by atoms with Gasteiger partial charge in [0, 0.05) is 20.3 Å². The van der Waals surface area contributed by atoms with E-state index >= 15 is 0 Å². The Morgan fingerprint density at radius 1 is 1.13 bits per heavy atom. The van der Waals surface area contributed by atoms with Gasteiger partial charge in [-0.05, 0) is 61.9 Å². The van der Waals surface area contributed by atoms with Gasteiger partial charge in [0.05, 0.1) is 33.7 Å². The van der Waals surface area contributed by atoms with Crippen LogP contribution in [0.4, 0.5) is 11.4 Å². The van der Waals surface area contributed by atoms with Crippen LogP contribution in [0.2, 0.25) is 0 Å². The average Bonchev–Trinajstić information content (AvgIpc) is 2.76. The molecule has 1 fully saturated rings. The molecule has 7 heteroatoms. The zero-order valence-electron chi connectivity index (χ0n) is 17.3. The van der Waals surface area contributed by atoms with Crippen LogP contribution < -0.4 is 4.90 Å². The fourth-order valence-electron chi connectivity index (χ4n) is 4.38. The lowest BCUT2D eigenvalue weighted by Crippen LogP contribution is -2.25. The molecule has 2 aliphatic heterocycles. The fraction of sp³-hybridized carbons (Fsp3) is 0.435. The predicted octanol–water partition coefficient (Wildman–Crippen LogP) is 4.06. The van der Waals surface area contributed by atoms with Gasteiger partial charge in [0.25, 0.3) is 0 Å². The summed E-state index contributed by atoms with van der Waals surface area (Å²) >= 11 is 0. The van der Waals surface area contributed by atoms with Gasteiger partial charge in [-0.15, -0.1) is 0 Å². The van der Waals surface area contributed by atoms with Gasteiger partial charge in [0.2, 0.25) is 9.84 Å². The smallest absolute Gasteiger partial charge is 0.313 e. The van der Waals surface area contributed by atoms with Crippen molar-refractivity contribution in [1.29, 1.82) is 0 Å². The van der Waals surface area contributed by atoms with Gasteiger partial charge in [0.1, 0.15) is 0 Å². The maximum absolute atomic E-state index is 13.1. The first kappa shape index (κ1) is 20.9. The molecule has 0 aliphatic carbocycles. The van der Waals surface area contributed by atoms with E-state index in [1.165, 1.54) is 0 Å². The Balaban J connectivity index is 1.74. The van der Waals surface area contributed by atoms with Crippen LogP contribution in [0.1, 0.15) is 37.7 Å². The van der Waals surface area contributed by atoms with Gasteiger partial charge < -0.3 is 14.4 Å². The highest BCUT2D eigenvalue weighted by Gasteiger charge is 2.34. The molecule has 0 amide bonds. The number of benzene rings is 2. The van der Waals surface area contributed by atoms with Crippen LogP contribution in [0, 0.1) is 5.92 Å². The predicted molar refractivity (Wildman–Crippen MR) is 114 cm³/mol. The number of nitrogens with zero attached hydrogens (tertiary/aromatic N) is 1. The zero-order chi connectivity index (χ0) is 21.3. The van der Waals surface area contributed by atoms with Crippen LogP contribution in [0.3, 0.4) is 0 Å². The van der Waals surface area contributed by atoms with Crippen molar-refractivity contribution in [3.63, 3.8) is 0 Å². The minimum atomic E-state index is -3.61. The largest absolute Gasteiger partial charge is 0.466 e. The molecule has 2 aliphatic rings. The summed E-state index contributed by atoms with van der Waals surface area (Å²) in [5.74, 6) is -0.302. The molecule has 4 rings (SSSR count). The molecule has 0 bridgehead atoms. The van der Waals surface area contributed by atoms with Gasteiger partial charge >= 0.3 is 5.97 Å². The summed E-state index contributed by atoms with van der Waals surface area (Å²) in [5, 5.41) is 0. The second kappa shape index (κ2) is 8.40. The van der Waals surface area contributed by atoms with E-state index in [0.29, 0.717) is 48.4 Å². The van der Waals surface area contributed by atoms with E-state index in [2.05, 4.69) is 0 Å². The molecular formula is C23H27NO5S. The topological polar surface area (TPSA) is 72.9 Å². The molecule has 0 spiro atoms. The maximum Gasteiger partial charge on any atom is 0.313 e. The lowest BCUT2D eigenvalue weighted by atomic mass is 9.85. The number of carbonyl (C=O) groups excluding carboxylic acids is 1. The molecule has 160 valence electrons. The molecule has 2 aromatic carbocycles. The Labute approximate surface area is 177 Å². The third-order valence-corrected chi connectivity index (χ3v) is 7.88. The second-order valence-electron chi connectivity index (χ2n) is 7.85. The average molecular weight is 430 g/mol. The number of para-hydroxylation sites is 1. The lowest BCUT2D eigenvalue weighted by molar-refractivity contribution is -0.145. The molecule has 2 aromatic rings. The van der Waals surface area contributed by atoms with Crippen LogP contribution >= 0.6 is 0 Å². The Kier molecular flexibility index (Phi) is 5.84. The fourth-order valence-corrected chi connectivity index (χ4v) is 6.07. The van der Waals surface area contributed by atoms with E-state index in [9.17, 15) is 13.2 Å². The van der Waals surface area contributed by atoms with E-state index in [1.54, 1.807) is 37.3 Å². The molecule has 1 saturated heterocycles. The van der Waals surface area contributed by atoms with Gasteiger partial charge in [-0.25, -0.2) is 8.42 Å². The Morgan fingerprint density at radius 2 is 1.83 bits per heavy atom. The summed E-state index contributed by atoms with van der Waals surface area (Å²) in [6.45, 7) is 3.54. The van der Waals surface area contributed by atoms with Crippen molar-refractivity contribution in [2.24, 2.45) is 5.92 Å². The molecule has 30 heavy (non-hydrogen) atoms. The summed E-state index contributed by atoms with van der Waals surface area (Å²) in [6, 6.07) is 12.2. The minimum Gasteiger partial charge on any atom is -0.466 e. The highest BCUT2D eigenvalue weighted by atomic mass is 32.2. The number of hydrogen-bond acceptors (Lipinski definition) is 6. The molecule has 0 radical (unpaired) electrons. The number of hydrogen-bond donors (Lipinski definition) is 0. The van der Waals surface area contributed by atoms with E-state index in [-0.39, 0.29) is 10.9 Å².